The first-order valence-corrected chi connectivity index (χ1v) is 9.09. The molecular weight excluding hydrogens is 349 g/mol. The van der Waals surface area contributed by atoms with Crippen molar-refractivity contribution in [1.29, 1.82) is 0 Å². The predicted molar refractivity (Wildman–Crippen MR) is 95.2 cm³/mol. The zero-order valence-electron chi connectivity index (χ0n) is 16.1. The van der Waals surface area contributed by atoms with E-state index in [-0.39, 0.29) is 12.5 Å². The number of guanidine groups is 1. The van der Waals surface area contributed by atoms with Gasteiger partial charge in [0.15, 0.2) is 5.96 Å². The van der Waals surface area contributed by atoms with Crippen molar-refractivity contribution >= 4 is 12.1 Å². The van der Waals surface area contributed by atoms with Crippen LogP contribution in [0.1, 0.15) is 53.4 Å². The fraction of sp³-hybridized carbons (Fsp3) is 0.882. The van der Waals surface area contributed by atoms with Gasteiger partial charge in [0.2, 0.25) is 0 Å². The molecule has 2 N–H and O–H groups in total. The molecule has 0 aromatic carbocycles. The Bertz CT molecular complexity index is 476. The molecule has 1 heterocycles. The molecule has 0 aliphatic carbocycles. The van der Waals surface area contributed by atoms with E-state index in [2.05, 4.69) is 15.6 Å². The summed E-state index contributed by atoms with van der Waals surface area (Å²) < 4.78 is 41.7. The molecule has 0 saturated carbocycles. The number of likely N-dealkylation sites (tertiary alicyclic amines) is 1. The predicted octanol–water partition coefficient (Wildman–Crippen LogP) is 3.28. The second-order valence-electron chi connectivity index (χ2n) is 7.39. The van der Waals surface area contributed by atoms with E-state index in [0.29, 0.717) is 32.0 Å². The maximum atomic E-state index is 12.2. The summed E-state index contributed by atoms with van der Waals surface area (Å²) in [6.07, 6.45) is -4.10. The van der Waals surface area contributed by atoms with Crippen LogP contribution in [0.25, 0.3) is 0 Å². The van der Waals surface area contributed by atoms with Crippen LogP contribution >= 0.6 is 0 Å². The molecule has 0 unspecified atom stereocenters. The molecule has 26 heavy (non-hydrogen) atoms. The monoisotopic (exact) mass is 380 g/mol. The van der Waals surface area contributed by atoms with E-state index >= 15 is 0 Å². The number of aliphatic imine (C=N–C) groups is 1. The average Bonchev–Trinajstić information content (AvgIpc) is 2.90. The Morgan fingerprint density at radius 3 is 2.54 bits per heavy atom. The standard InChI is InChI=1S/C17H31F3N4O2/c1-5-21-14(22-10-7-6-9-17(18,19)20)24-11-8-13(12-24)23-15(25)26-16(2,3)4/h13H,5-12H2,1-4H3,(H,21,22)(H,23,25)/t13-/m1/s1. The maximum absolute atomic E-state index is 12.2. The Morgan fingerprint density at radius 2 is 1.96 bits per heavy atom. The molecule has 1 amide bonds. The molecule has 1 fully saturated rings. The highest BCUT2D eigenvalue weighted by Gasteiger charge is 2.28. The van der Waals surface area contributed by atoms with E-state index in [0.717, 1.165) is 13.0 Å². The Morgan fingerprint density at radius 1 is 1.27 bits per heavy atom. The summed E-state index contributed by atoms with van der Waals surface area (Å²) in [6.45, 7) is 9.68. The van der Waals surface area contributed by atoms with Crippen LogP contribution in [0.15, 0.2) is 4.99 Å². The minimum Gasteiger partial charge on any atom is -0.444 e. The molecule has 0 aromatic heterocycles. The number of amides is 1. The highest BCUT2D eigenvalue weighted by Crippen LogP contribution is 2.22. The number of unbranched alkanes of at least 4 members (excludes halogenated alkanes) is 1. The Kier molecular flexibility index (Phi) is 8.49. The first kappa shape index (κ1) is 22.4. The van der Waals surface area contributed by atoms with Crippen LogP contribution in [0.5, 0.6) is 0 Å². The molecule has 6 nitrogen and oxygen atoms in total. The molecule has 0 bridgehead atoms. The molecule has 1 atom stereocenters. The van der Waals surface area contributed by atoms with Gasteiger partial charge in [-0.05, 0) is 47.0 Å². The van der Waals surface area contributed by atoms with Crippen molar-refractivity contribution in [1.82, 2.24) is 15.5 Å². The highest BCUT2D eigenvalue weighted by atomic mass is 19.4. The van der Waals surface area contributed by atoms with E-state index in [4.69, 9.17) is 4.74 Å². The van der Waals surface area contributed by atoms with Crippen LogP contribution in [0.3, 0.4) is 0 Å². The number of rotatable bonds is 6. The summed E-state index contributed by atoms with van der Waals surface area (Å²) in [4.78, 5) is 18.3. The van der Waals surface area contributed by atoms with Crippen LogP contribution in [-0.4, -0.2) is 61.0 Å². The summed E-state index contributed by atoms with van der Waals surface area (Å²) in [5.41, 5.74) is -0.546. The zero-order valence-corrected chi connectivity index (χ0v) is 16.1. The summed E-state index contributed by atoms with van der Waals surface area (Å²) in [5, 5.41) is 6.00. The number of halogens is 3. The molecular formula is C17H31F3N4O2. The molecule has 1 rings (SSSR count). The molecule has 1 aliphatic rings. The fourth-order valence-corrected chi connectivity index (χ4v) is 2.59. The fourth-order valence-electron chi connectivity index (χ4n) is 2.59. The summed E-state index contributed by atoms with van der Waals surface area (Å²) in [6, 6.07) is -0.0427. The molecule has 1 saturated heterocycles. The largest absolute Gasteiger partial charge is 0.444 e. The number of hydrogen-bond acceptors (Lipinski definition) is 3. The molecule has 9 heteroatoms. The summed E-state index contributed by atoms with van der Waals surface area (Å²) >= 11 is 0. The number of nitrogens with zero attached hydrogens (tertiary/aromatic N) is 2. The van der Waals surface area contributed by atoms with Crippen LogP contribution in [-0.2, 0) is 4.74 Å². The van der Waals surface area contributed by atoms with Crippen LogP contribution < -0.4 is 10.6 Å². The number of nitrogens with one attached hydrogen (secondary N) is 2. The van der Waals surface area contributed by atoms with Gasteiger partial charge in [0.25, 0.3) is 0 Å². The number of carbonyl (C=O) groups is 1. The van der Waals surface area contributed by atoms with Gasteiger partial charge in [-0.3, -0.25) is 4.99 Å². The van der Waals surface area contributed by atoms with Gasteiger partial charge in [-0.2, -0.15) is 13.2 Å². The van der Waals surface area contributed by atoms with Gasteiger partial charge in [0, 0.05) is 32.6 Å². The van der Waals surface area contributed by atoms with Gasteiger partial charge >= 0.3 is 12.3 Å². The van der Waals surface area contributed by atoms with Crippen LogP contribution in [0.2, 0.25) is 0 Å². The number of hydrogen-bond donors (Lipinski definition) is 2. The molecule has 0 spiro atoms. The van der Waals surface area contributed by atoms with Gasteiger partial charge < -0.3 is 20.3 Å². The minimum absolute atomic E-state index is 0.0427. The second kappa shape index (κ2) is 9.87. The van der Waals surface area contributed by atoms with Gasteiger partial charge in [-0.15, -0.1) is 0 Å². The number of carbonyl (C=O) groups excluding carboxylic acids is 1. The number of alkyl carbamates (subject to hydrolysis) is 1. The Labute approximate surface area is 153 Å². The normalized spacial score (nSPS) is 18.8. The van der Waals surface area contributed by atoms with Crippen molar-refractivity contribution in [2.24, 2.45) is 4.99 Å². The third-order valence-corrected chi connectivity index (χ3v) is 3.67. The van der Waals surface area contributed by atoms with Crippen molar-refractivity contribution in [2.75, 3.05) is 26.2 Å². The lowest BCUT2D eigenvalue weighted by atomic mass is 10.2. The van der Waals surface area contributed by atoms with Crippen molar-refractivity contribution in [2.45, 2.75) is 71.2 Å². The van der Waals surface area contributed by atoms with Gasteiger partial charge in [-0.25, -0.2) is 4.79 Å². The molecule has 1 aliphatic heterocycles. The first-order valence-electron chi connectivity index (χ1n) is 9.09. The topological polar surface area (TPSA) is 66.0 Å². The second-order valence-corrected chi connectivity index (χ2v) is 7.39. The van der Waals surface area contributed by atoms with Gasteiger partial charge in [-0.1, -0.05) is 0 Å². The molecule has 152 valence electrons. The first-order chi connectivity index (χ1) is 12.0. The van der Waals surface area contributed by atoms with Gasteiger partial charge in [0.1, 0.15) is 5.60 Å². The quantitative estimate of drug-likeness (QED) is 0.422. The minimum atomic E-state index is -4.11. The lowest BCUT2D eigenvalue weighted by molar-refractivity contribution is -0.135. The van der Waals surface area contributed by atoms with Crippen molar-refractivity contribution in [3.05, 3.63) is 0 Å². The Hall–Kier alpha value is -1.67. The third-order valence-electron chi connectivity index (χ3n) is 3.67. The van der Waals surface area contributed by atoms with Crippen LogP contribution in [0.4, 0.5) is 18.0 Å². The SMILES string of the molecule is CCNC(=NCCCCC(F)(F)F)N1CC[C@@H](NC(=O)OC(C)(C)C)C1. The Balaban J connectivity index is 2.45. The van der Waals surface area contributed by atoms with E-state index in [1.165, 1.54) is 0 Å². The van der Waals surface area contributed by atoms with Crippen molar-refractivity contribution < 1.29 is 22.7 Å². The average molecular weight is 380 g/mol. The van der Waals surface area contributed by atoms with E-state index in [9.17, 15) is 18.0 Å². The van der Waals surface area contributed by atoms with Crippen LogP contribution in [0, 0.1) is 0 Å². The smallest absolute Gasteiger partial charge is 0.407 e. The lowest BCUT2D eigenvalue weighted by Gasteiger charge is -2.23. The third kappa shape index (κ3) is 9.72. The molecule has 0 aromatic rings. The summed E-state index contributed by atoms with van der Waals surface area (Å²) in [5.74, 6) is 0.674. The number of alkyl halides is 3. The van der Waals surface area contributed by atoms with E-state index < -0.39 is 24.3 Å². The van der Waals surface area contributed by atoms with E-state index in [1.54, 1.807) is 0 Å². The van der Waals surface area contributed by atoms with Crippen molar-refractivity contribution in [3.63, 3.8) is 0 Å². The highest BCUT2D eigenvalue weighted by molar-refractivity contribution is 5.80. The van der Waals surface area contributed by atoms with Crippen molar-refractivity contribution in [3.8, 4) is 0 Å². The van der Waals surface area contributed by atoms with Gasteiger partial charge in [0.05, 0.1) is 6.04 Å². The lowest BCUT2D eigenvalue weighted by Crippen LogP contribution is -2.44. The molecule has 0 radical (unpaired) electrons. The maximum Gasteiger partial charge on any atom is 0.407 e. The zero-order chi connectivity index (χ0) is 19.8. The number of ether oxygens (including phenoxy) is 1. The van der Waals surface area contributed by atoms with E-state index in [1.807, 2.05) is 32.6 Å². The summed E-state index contributed by atoms with van der Waals surface area (Å²) in [7, 11) is 0.